The van der Waals surface area contributed by atoms with E-state index < -0.39 is 5.82 Å². The second-order valence-corrected chi connectivity index (χ2v) is 7.21. The molecule has 9 heteroatoms. The maximum atomic E-state index is 13.3. The zero-order chi connectivity index (χ0) is 20.0. The average molecular weight is 409 g/mol. The van der Waals surface area contributed by atoms with Crippen LogP contribution in [0, 0.1) is 25.6 Å². The number of hydrogen-bond donors (Lipinski definition) is 3. The topological polar surface area (TPSA) is 74.2 Å². The maximum absolute atomic E-state index is 13.3. The third-order valence-corrected chi connectivity index (χ3v) is 3.73. The van der Waals surface area contributed by atoms with Gasteiger partial charge in [0.05, 0.1) is 5.02 Å². The van der Waals surface area contributed by atoms with Crippen LogP contribution < -0.4 is 16.0 Å². The third kappa shape index (κ3) is 7.07. The standard InChI is InChI=1S/C18H22ClFN6S/c1-10(2)9-21-16(25-17-22-11(3)7-12(4)23-17)26-18(27)24-13-5-6-15(20)14(19)8-13/h5-8,10H,9H2,1-4H3,(H3,21,22,23,24,25,26,27). The van der Waals surface area contributed by atoms with Gasteiger partial charge in [0, 0.05) is 23.6 Å². The van der Waals surface area contributed by atoms with Crippen LogP contribution in [0.5, 0.6) is 0 Å². The molecule has 2 aromatic rings. The molecule has 3 N–H and O–H groups in total. The number of hydrogen-bond acceptors (Lipinski definition) is 4. The van der Waals surface area contributed by atoms with Gasteiger partial charge in [-0.15, -0.1) is 0 Å². The summed E-state index contributed by atoms with van der Waals surface area (Å²) in [7, 11) is 0. The number of nitrogens with one attached hydrogen (secondary N) is 3. The van der Waals surface area contributed by atoms with Crippen LogP contribution in [0.25, 0.3) is 0 Å². The summed E-state index contributed by atoms with van der Waals surface area (Å²) in [5.74, 6) is 0.713. The van der Waals surface area contributed by atoms with Crippen LogP contribution in [0.4, 0.5) is 16.0 Å². The molecular weight excluding hydrogens is 387 g/mol. The first-order valence-corrected chi connectivity index (χ1v) is 9.18. The number of rotatable bonds is 4. The number of guanidine groups is 1. The molecule has 0 amide bonds. The van der Waals surface area contributed by atoms with Crippen molar-refractivity contribution < 1.29 is 4.39 Å². The second kappa shape index (κ2) is 9.57. The van der Waals surface area contributed by atoms with Crippen LogP contribution in [0.3, 0.4) is 0 Å². The minimum atomic E-state index is -0.492. The first-order valence-electron chi connectivity index (χ1n) is 8.39. The molecule has 0 fully saturated rings. The van der Waals surface area contributed by atoms with E-state index in [1.807, 2.05) is 19.9 Å². The van der Waals surface area contributed by atoms with Crippen molar-refractivity contribution in [3.8, 4) is 0 Å². The summed E-state index contributed by atoms with van der Waals surface area (Å²) in [6.45, 7) is 8.49. The number of thiocarbonyl (C=S) groups is 1. The van der Waals surface area contributed by atoms with Crippen molar-refractivity contribution in [2.75, 3.05) is 17.2 Å². The number of aliphatic imine (C=N–C) groups is 1. The van der Waals surface area contributed by atoms with Crippen LogP contribution in [-0.4, -0.2) is 27.6 Å². The molecule has 0 saturated heterocycles. The Bertz CT molecular complexity index is 835. The van der Waals surface area contributed by atoms with Gasteiger partial charge in [-0.2, -0.15) is 0 Å². The second-order valence-electron chi connectivity index (χ2n) is 6.39. The Kier molecular flexibility index (Phi) is 7.44. The van der Waals surface area contributed by atoms with E-state index in [2.05, 4.69) is 44.8 Å². The van der Waals surface area contributed by atoms with E-state index in [1.165, 1.54) is 12.1 Å². The molecule has 1 heterocycles. The van der Waals surface area contributed by atoms with Crippen molar-refractivity contribution in [2.24, 2.45) is 10.9 Å². The lowest BCUT2D eigenvalue weighted by atomic mass is 10.2. The Balaban J connectivity index is 2.12. The summed E-state index contributed by atoms with van der Waals surface area (Å²) in [6, 6.07) is 6.15. The Morgan fingerprint density at radius 3 is 2.44 bits per heavy atom. The smallest absolute Gasteiger partial charge is 0.229 e. The molecule has 0 bridgehead atoms. The quantitative estimate of drug-likeness (QED) is 0.398. The molecule has 0 aliphatic carbocycles. The highest BCUT2D eigenvalue weighted by Gasteiger charge is 2.08. The van der Waals surface area contributed by atoms with Crippen molar-refractivity contribution in [3.63, 3.8) is 0 Å². The zero-order valence-electron chi connectivity index (χ0n) is 15.6. The molecule has 1 aromatic carbocycles. The van der Waals surface area contributed by atoms with E-state index in [9.17, 15) is 4.39 Å². The highest BCUT2D eigenvalue weighted by Crippen LogP contribution is 2.19. The fourth-order valence-electron chi connectivity index (χ4n) is 2.12. The van der Waals surface area contributed by atoms with Crippen LogP contribution in [0.1, 0.15) is 25.2 Å². The molecule has 27 heavy (non-hydrogen) atoms. The van der Waals surface area contributed by atoms with Gasteiger partial charge in [0.15, 0.2) is 5.11 Å². The lowest BCUT2D eigenvalue weighted by molar-refractivity contribution is 0.628. The Hall–Kier alpha value is -2.32. The van der Waals surface area contributed by atoms with E-state index in [0.717, 1.165) is 11.4 Å². The summed E-state index contributed by atoms with van der Waals surface area (Å²) in [6.07, 6.45) is 0. The Morgan fingerprint density at radius 1 is 1.19 bits per heavy atom. The summed E-state index contributed by atoms with van der Waals surface area (Å²) in [5, 5.41) is 9.27. The van der Waals surface area contributed by atoms with Crippen molar-refractivity contribution in [1.29, 1.82) is 0 Å². The highest BCUT2D eigenvalue weighted by atomic mass is 35.5. The maximum Gasteiger partial charge on any atom is 0.229 e. The number of nitrogens with zero attached hydrogens (tertiary/aromatic N) is 3. The lowest BCUT2D eigenvalue weighted by Gasteiger charge is -2.15. The molecular formula is C18H22ClFN6S. The average Bonchev–Trinajstić information content (AvgIpc) is 2.55. The van der Waals surface area contributed by atoms with Gasteiger partial charge in [0.2, 0.25) is 11.9 Å². The predicted molar refractivity (Wildman–Crippen MR) is 113 cm³/mol. The van der Waals surface area contributed by atoms with E-state index in [4.69, 9.17) is 23.8 Å². The molecule has 0 aliphatic heterocycles. The fourth-order valence-corrected chi connectivity index (χ4v) is 2.51. The highest BCUT2D eigenvalue weighted by molar-refractivity contribution is 7.80. The van der Waals surface area contributed by atoms with Gasteiger partial charge >= 0.3 is 0 Å². The third-order valence-electron chi connectivity index (χ3n) is 3.24. The number of anilines is 2. The van der Waals surface area contributed by atoms with Crippen LogP contribution >= 0.6 is 23.8 Å². The summed E-state index contributed by atoms with van der Waals surface area (Å²) < 4.78 is 13.3. The monoisotopic (exact) mass is 408 g/mol. The first kappa shape index (κ1) is 21.0. The molecule has 0 spiro atoms. The van der Waals surface area contributed by atoms with Crippen LogP contribution in [0.15, 0.2) is 29.3 Å². The molecule has 0 saturated carbocycles. The fraction of sp³-hybridized carbons (Fsp3) is 0.333. The largest absolute Gasteiger partial charge is 0.332 e. The number of benzene rings is 1. The molecule has 0 radical (unpaired) electrons. The van der Waals surface area contributed by atoms with Crippen LogP contribution in [-0.2, 0) is 0 Å². The van der Waals surface area contributed by atoms with E-state index in [0.29, 0.717) is 30.1 Å². The molecule has 0 atom stereocenters. The summed E-state index contributed by atoms with van der Waals surface area (Å²) in [4.78, 5) is 13.2. The van der Waals surface area contributed by atoms with Crippen molar-refractivity contribution in [1.82, 2.24) is 15.3 Å². The van der Waals surface area contributed by atoms with Gasteiger partial charge in [-0.25, -0.2) is 14.4 Å². The van der Waals surface area contributed by atoms with Gasteiger partial charge in [0.1, 0.15) is 5.82 Å². The lowest BCUT2D eigenvalue weighted by Crippen LogP contribution is -2.39. The minimum Gasteiger partial charge on any atom is -0.332 e. The Morgan fingerprint density at radius 2 is 1.85 bits per heavy atom. The van der Waals surface area contributed by atoms with E-state index in [-0.39, 0.29) is 10.1 Å². The zero-order valence-corrected chi connectivity index (χ0v) is 17.2. The number of aryl methyl sites for hydroxylation is 2. The molecule has 144 valence electrons. The summed E-state index contributed by atoms with van der Waals surface area (Å²) >= 11 is 11.1. The minimum absolute atomic E-state index is 0.0123. The van der Waals surface area contributed by atoms with Crippen molar-refractivity contribution in [2.45, 2.75) is 27.7 Å². The van der Waals surface area contributed by atoms with E-state index in [1.54, 1.807) is 6.07 Å². The number of aromatic nitrogens is 2. The first-order chi connectivity index (χ1) is 12.7. The van der Waals surface area contributed by atoms with Gasteiger partial charge in [-0.1, -0.05) is 25.4 Å². The molecule has 0 unspecified atom stereocenters. The van der Waals surface area contributed by atoms with Gasteiger partial charge in [-0.3, -0.25) is 10.3 Å². The van der Waals surface area contributed by atoms with Gasteiger partial charge < -0.3 is 10.6 Å². The summed E-state index contributed by atoms with van der Waals surface area (Å²) in [5.41, 5.74) is 2.24. The van der Waals surface area contributed by atoms with Crippen LogP contribution in [0.2, 0.25) is 5.02 Å². The van der Waals surface area contributed by atoms with Crippen molar-refractivity contribution in [3.05, 3.63) is 46.5 Å². The molecule has 2 rings (SSSR count). The predicted octanol–water partition coefficient (Wildman–Crippen LogP) is 4.30. The Labute approximate surface area is 168 Å². The van der Waals surface area contributed by atoms with Gasteiger partial charge in [0.25, 0.3) is 0 Å². The van der Waals surface area contributed by atoms with Gasteiger partial charge in [-0.05, 0) is 56.2 Å². The molecule has 1 aromatic heterocycles. The normalized spacial score (nSPS) is 11.4. The van der Waals surface area contributed by atoms with E-state index >= 15 is 0 Å². The van der Waals surface area contributed by atoms with Crippen molar-refractivity contribution >= 4 is 46.5 Å². The number of halogens is 2. The SMILES string of the molecule is Cc1cc(C)nc(NC(=NCC(C)C)NC(=S)Nc2ccc(F)c(Cl)c2)n1. The molecule has 6 nitrogen and oxygen atoms in total. The molecule has 0 aliphatic rings.